The van der Waals surface area contributed by atoms with Crippen LogP contribution in [0.4, 0.5) is 0 Å². The number of nitrogens with zero attached hydrogens (tertiary/aromatic N) is 2. The second-order valence-electron chi connectivity index (χ2n) is 7.86. The van der Waals surface area contributed by atoms with Crippen LogP contribution in [0.15, 0.2) is 78.1 Å². The number of carbonyl (C=O) groups excluding carboxylic acids is 1. The molecule has 1 aromatic heterocycles. The number of halogens is 1. The minimum atomic E-state index is -0.354. The number of aromatic nitrogens is 1. The predicted octanol–water partition coefficient (Wildman–Crippen LogP) is 5.07. The van der Waals surface area contributed by atoms with Crippen LogP contribution in [0.25, 0.3) is 11.3 Å². The number of rotatable bonds is 13. The van der Waals surface area contributed by atoms with E-state index in [1.165, 1.54) is 0 Å². The van der Waals surface area contributed by atoms with E-state index in [9.17, 15) is 4.79 Å². The van der Waals surface area contributed by atoms with Crippen molar-refractivity contribution in [2.24, 2.45) is 5.16 Å². The van der Waals surface area contributed by atoms with Crippen LogP contribution < -0.4 is 10.1 Å². The van der Waals surface area contributed by atoms with Crippen molar-refractivity contribution < 1.29 is 19.1 Å². The number of ether oxygens (including phenoxy) is 2. The van der Waals surface area contributed by atoms with Crippen molar-refractivity contribution in [1.82, 2.24) is 10.3 Å². The number of benzene rings is 2. The molecule has 36 heavy (non-hydrogen) atoms. The van der Waals surface area contributed by atoms with E-state index in [1.54, 1.807) is 6.20 Å². The number of likely N-dealkylation sites (N-methyl/N-ethyl adjacent to an activating group) is 1. The molecule has 2 aromatic carbocycles. The SMILES string of the molecule is CCNC(Cc1ccc(OCCON=C(C)c2ccc(-c3ccccn3)cc2)cc1)C(=O)OCC.Cl. The highest BCUT2D eigenvalue weighted by molar-refractivity contribution is 5.98. The summed E-state index contributed by atoms with van der Waals surface area (Å²) in [4.78, 5) is 21.9. The minimum Gasteiger partial charge on any atom is -0.490 e. The lowest BCUT2D eigenvalue weighted by Crippen LogP contribution is -2.39. The number of nitrogens with one attached hydrogen (secondary N) is 1. The third kappa shape index (κ3) is 8.98. The smallest absolute Gasteiger partial charge is 0.323 e. The fourth-order valence-corrected chi connectivity index (χ4v) is 3.49. The molecule has 0 aliphatic carbocycles. The molecule has 0 saturated carbocycles. The van der Waals surface area contributed by atoms with Crippen molar-refractivity contribution in [2.45, 2.75) is 33.2 Å². The van der Waals surface area contributed by atoms with Gasteiger partial charge in [0.1, 0.15) is 18.4 Å². The second-order valence-corrected chi connectivity index (χ2v) is 7.86. The van der Waals surface area contributed by atoms with Gasteiger partial charge in [-0.2, -0.15) is 0 Å². The Kier molecular flexibility index (Phi) is 12.4. The molecular weight excluding hydrogens is 478 g/mol. The Morgan fingerprint density at radius 2 is 1.75 bits per heavy atom. The van der Waals surface area contributed by atoms with Gasteiger partial charge in [-0.3, -0.25) is 9.78 Å². The first-order chi connectivity index (χ1) is 17.1. The van der Waals surface area contributed by atoms with E-state index in [1.807, 2.05) is 87.5 Å². The standard InChI is InChI=1S/C28H33N3O4.ClH/c1-4-29-27(28(32)33-5-2)20-22-9-15-25(16-10-22)34-18-19-35-31-21(3)23-11-13-24(14-12-23)26-8-6-7-17-30-26;/h6-17,27,29H,4-5,18-20H2,1-3H3;1H. The number of hydrogen-bond donors (Lipinski definition) is 1. The van der Waals surface area contributed by atoms with Crippen LogP contribution in [0.2, 0.25) is 0 Å². The molecule has 0 amide bonds. The topological polar surface area (TPSA) is 82.0 Å². The Morgan fingerprint density at radius 1 is 1.00 bits per heavy atom. The Hall–Kier alpha value is -3.42. The predicted molar refractivity (Wildman–Crippen MR) is 145 cm³/mol. The zero-order chi connectivity index (χ0) is 24.9. The fraction of sp³-hybridized carbons (Fsp3) is 0.321. The van der Waals surface area contributed by atoms with Gasteiger partial charge in [0.05, 0.1) is 18.0 Å². The molecule has 0 saturated heterocycles. The molecule has 1 N–H and O–H groups in total. The molecule has 0 aliphatic heterocycles. The average molecular weight is 512 g/mol. The average Bonchev–Trinajstić information content (AvgIpc) is 2.90. The summed E-state index contributed by atoms with van der Waals surface area (Å²) in [5, 5.41) is 7.37. The Bertz CT molecular complexity index is 1070. The van der Waals surface area contributed by atoms with Gasteiger partial charge in [-0.1, -0.05) is 54.5 Å². The van der Waals surface area contributed by atoms with Crippen LogP contribution >= 0.6 is 12.4 Å². The van der Waals surface area contributed by atoms with Gasteiger partial charge in [0.15, 0.2) is 6.61 Å². The van der Waals surface area contributed by atoms with Crippen molar-refractivity contribution >= 4 is 24.1 Å². The summed E-state index contributed by atoms with van der Waals surface area (Å²) in [5.41, 5.74) is 4.80. The Morgan fingerprint density at radius 3 is 2.39 bits per heavy atom. The third-order valence-corrected chi connectivity index (χ3v) is 5.29. The zero-order valence-electron chi connectivity index (χ0n) is 21.0. The molecule has 7 nitrogen and oxygen atoms in total. The lowest BCUT2D eigenvalue weighted by Gasteiger charge is -2.16. The monoisotopic (exact) mass is 511 g/mol. The van der Waals surface area contributed by atoms with Crippen LogP contribution in [-0.2, 0) is 20.8 Å². The normalized spacial score (nSPS) is 11.8. The molecule has 0 spiro atoms. The number of oxime groups is 1. The van der Waals surface area contributed by atoms with Gasteiger partial charge in [0.25, 0.3) is 0 Å². The van der Waals surface area contributed by atoms with E-state index in [-0.39, 0.29) is 24.4 Å². The maximum absolute atomic E-state index is 12.1. The lowest BCUT2D eigenvalue weighted by atomic mass is 10.1. The largest absolute Gasteiger partial charge is 0.490 e. The maximum Gasteiger partial charge on any atom is 0.323 e. The van der Waals surface area contributed by atoms with Crippen molar-refractivity contribution in [1.29, 1.82) is 0 Å². The molecule has 3 aromatic rings. The van der Waals surface area contributed by atoms with Gasteiger partial charge in [0, 0.05) is 11.8 Å². The Labute approximate surface area is 219 Å². The van der Waals surface area contributed by atoms with Gasteiger partial charge >= 0.3 is 5.97 Å². The summed E-state index contributed by atoms with van der Waals surface area (Å²) in [7, 11) is 0. The molecule has 0 bridgehead atoms. The van der Waals surface area contributed by atoms with Gasteiger partial charge in [-0.25, -0.2) is 0 Å². The van der Waals surface area contributed by atoms with Crippen LogP contribution in [0, 0.1) is 0 Å². The molecule has 1 atom stereocenters. The maximum atomic E-state index is 12.1. The van der Waals surface area contributed by atoms with E-state index in [2.05, 4.69) is 15.5 Å². The number of esters is 1. The molecule has 3 rings (SSSR count). The first-order valence-corrected chi connectivity index (χ1v) is 11.9. The molecule has 0 aliphatic rings. The van der Waals surface area contributed by atoms with Crippen molar-refractivity contribution in [3.8, 4) is 17.0 Å². The summed E-state index contributed by atoms with van der Waals surface area (Å²) >= 11 is 0. The molecule has 1 heterocycles. The first kappa shape index (κ1) is 28.8. The highest BCUT2D eigenvalue weighted by atomic mass is 35.5. The third-order valence-electron chi connectivity index (χ3n) is 5.29. The summed E-state index contributed by atoms with van der Waals surface area (Å²) in [6, 6.07) is 21.3. The molecule has 0 radical (unpaired) electrons. The van der Waals surface area contributed by atoms with Crippen molar-refractivity contribution in [3.63, 3.8) is 0 Å². The summed E-state index contributed by atoms with van der Waals surface area (Å²) in [5.74, 6) is 0.506. The lowest BCUT2D eigenvalue weighted by molar-refractivity contribution is -0.145. The number of hydrogen-bond acceptors (Lipinski definition) is 7. The van der Waals surface area contributed by atoms with Gasteiger partial charge in [-0.05, 0) is 62.2 Å². The molecular formula is C28H34ClN3O4. The van der Waals surface area contributed by atoms with Crippen LogP contribution in [0.3, 0.4) is 0 Å². The molecule has 8 heteroatoms. The first-order valence-electron chi connectivity index (χ1n) is 11.9. The van der Waals surface area contributed by atoms with E-state index < -0.39 is 0 Å². The van der Waals surface area contributed by atoms with Crippen LogP contribution in [0.5, 0.6) is 5.75 Å². The Balaban J connectivity index is 0.00000456. The van der Waals surface area contributed by atoms with Gasteiger partial charge in [-0.15, -0.1) is 12.4 Å². The zero-order valence-corrected chi connectivity index (χ0v) is 21.8. The molecule has 0 fully saturated rings. The molecule has 192 valence electrons. The summed E-state index contributed by atoms with van der Waals surface area (Å²) in [6.07, 6.45) is 2.35. The summed E-state index contributed by atoms with van der Waals surface area (Å²) in [6.45, 7) is 7.46. The van der Waals surface area contributed by atoms with Crippen LogP contribution in [0.1, 0.15) is 31.9 Å². The molecule has 1 unspecified atom stereocenters. The van der Waals surface area contributed by atoms with Gasteiger partial charge < -0.3 is 19.6 Å². The quantitative estimate of drug-likeness (QED) is 0.149. The fourth-order valence-electron chi connectivity index (χ4n) is 3.49. The van der Waals surface area contributed by atoms with Crippen molar-refractivity contribution in [2.75, 3.05) is 26.4 Å². The number of carbonyl (C=O) groups is 1. The van der Waals surface area contributed by atoms with E-state index in [0.717, 1.165) is 33.8 Å². The summed E-state index contributed by atoms with van der Waals surface area (Å²) < 4.78 is 10.9. The minimum absolute atomic E-state index is 0. The highest BCUT2D eigenvalue weighted by Crippen LogP contribution is 2.17. The highest BCUT2D eigenvalue weighted by Gasteiger charge is 2.18. The van der Waals surface area contributed by atoms with E-state index >= 15 is 0 Å². The van der Waals surface area contributed by atoms with E-state index in [4.69, 9.17) is 14.3 Å². The van der Waals surface area contributed by atoms with Crippen molar-refractivity contribution in [3.05, 3.63) is 84.1 Å². The van der Waals surface area contributed by atoms with Gasteiger partial charge in [0.2, 0.25) is 0 Å². The second kappa shape index (κ2) is 15.5. The van der Waals surface area contributed by atoms with E-state index in [0.29, 0.717) is 32.8 Å². The van der Waals surface area contributed by atoms with Crippen LogP contribution in [-0.4, -0.2) is 49.1 Å². The number of pyridine rings is 1.